The lowest BCUT2D eigenvalue weighted by atomic mass is 10.2. The summed E-state index contributed by atoms with van der Waals surface area (Å²) in [4.78, 5) is 10.8. The number of nitrogens with zero attached hydrogens (tertiary/aromatic N) is 3. The first-order chi connectivity index (χ1) is 14.3. The number of halogens is 4. The number of aryl methyl sites for hydroxylation is 1. The van der Waals surface area contributed by atoms with E-state index < -0.39 is 24.8 Å². The van der Waals surface area contributed by atoms with E-state index in [1.807, 2.05) is 18.9 Å². The van der Waals surface area contributed by atoms with Crippen molar-refractivity contribution in [3.63, 3.8) is 0 Å². The zero-order valence-corrected chi connectivity index (χ0v) is 20.1. The number of aliphatic imine (C=N–C) groups is 1. The normalized spacial score (nSPS) is 11.9. The molecule has 9 heteroatoms. The third kappa shape index (κ3) is 7.30. The van der Waals surface area contributed by atoms with Crippen LogP contribution in [0, 0.1) is 18.4 Å². The van der Waals surface area contributed by atoms with Crippen LogP contribution in [0.1, 0.15) is 23.7 Å². The van der Waals surface area contributed by atoms with E-state index in [0.29, 0.717) is 16.9 Å². The second-order valence-electron chi connectivity index (χ2n) is 8.00. The van der Waals surface area contributed by atoms with E-state index in [1.165, 1.54) is 6.07 Å². The van der Waals surface area contributed by atoms with Crippen LogP contribution in [0.15, 0.2) is 29.3 Å². The molecule has 0 saturated carbocycles. The molecule has 0 spiro atoms. The first-order valence-corrected chi connectivity index (χ1v) is 13.5. The quantitative estimate of drug-likeness (QED) is 0.212. The van der Waals surface area contributed by atoms with Gasteiger partial charge in [0.05, 0.1) is 33.9 Å². The van der Waals surface area contributed by atoms with Gasteiger partial charge in [-0.05, 0) is 38.1 Å². The summed E-state index contributed by atoms with van der Waals surface area (Å²) in [5.41, 5.74) is 3.91. The number of alkyl halides is 3. The summed E-state index contributed by atoms with van der Waals surface area (Å²) >= 11 is 5.70. The molecule has 2 rings (SSSR count). The first-order valence-electron chi connectivity index (χ1n) is 9.64. The molecule has 0 saturated heterocycles. The van der Waals surface area contributed by atoms with Crippen molar-refractivity contribution in [2.75, 3.05) is 13.6 Å². The van der Waals surface area contributed by atoms with Crippen molar-refractivity contribution in [1.29, 1.82) is 0 Å². The Morgan fingerprint density at radius 2 is 1.94 bits per heavy atom. The Balaban J connectivity index is 2.54. The van der Waals surface area contributed by atoms with Gasteiger partial charge in [0.15, 0.2) is 0 Å². The zero-order chi connectivity index (χ0) is 23.4. The lowest BCUT2D eigenvalue weighted by molar-refractivity contribution is -0.137. The van der Waals surface area contributed by atoms with Crippen molar-refractivity contribution in [3.05, 3.63) is 46.1 Å². The number of ether oxygens (including phenoxy) is 1. The molecule has 1 aromatic carbocycles. The van der Waals surface area contributed by atoms with Gasteiger partial charge < -0.3 is 9.64 Å². The molecule has 31 heavy (non-hydrogen) atoms. The van der Waals surface area contributed by atoms with E-state index in [9.17, 15) is 13.2 Å². The van der Waals surface area contributed by atoms with Gasteiger partial charge in [-0.15, -0.1) is 5.54 Å². The summed E-state index contributed by atoms with van der Waals surface area (Å²) in [5, 5.41) is -0.396. The largest absolute Gasteiger partial charge is 0.438 e. The minimum Gasteiger partial charge on any atom is -0.438 e. The van der Waals surface area contributed by atoms with Crippen LogP contribution < -0.4 is 4.74 Å². The topological polar surface area (TPSA) is 37.7 Å². The molecule has 0 atom stereocenters. The highest BCUT2D eigenvalue weighted by Crippen LogP contribution is 2.38. The fraction of sp³-hybridized carbons (Fsp3) is 0.364. The molecule has 0 radical (unpaired) electrons. The molecule has 0 bridgehead atoms. The van der Waals surface area contributed by atoms with Gasteiger partial charge in [-0.25, -0.2) is 9.98 Å². The van der Waals surface area contributed by atoms with Crippen LogP contribution in [0.4, 0.5) is 18.9 Å². The van der Waals surface area contributed by atoms with Gasteiger partial charge in [-0.1, -0.05) is 37.2 Å². The van der Waals surface area contributed by atoms with Crippen molar-refractivity contribution in [2.24, 2.45) is 4.99 Å². The van der Waals surface area contributed by atoms with Gasteiger partial charge in [-0.2, -0.15) is 13.2 Å². The third-order valence-corrected chi connectivity index (χ3v) is 5.28. The molecule has 0 aliphatic rings. The van der Waals surface area contributed by atoms with Gasteiger partial charge in [-0.3, -0.25) is 0 Å². The molecular formula is C22H25ClF3N3OSi. The van der Waals surface area contributed by atoms with Crippen LogP contribution in [0.3, 0.4) is 0 Å². The highest BCUT2D eigenvalue weighted by atomic mass is 35.5. The molecule has 4 nitrogen and oxygen atoms in total. The number of hydrogen-bond donors (Lipinski definition) is 0. The molecule has 0 aliphatic carbocycles. The van der Waals surface area contributed by atoms with Crippen molar-refractivity contribution >= 4 is 31.7 Å². The lowest BCUT2D eigenvalue weighted by Gasteiger charge is -2.14. The van der Waals surface area contributed by atoms with E-state index in [2.05, 4.69) is 41.1 Å². The SMILES string of the molecule is CCN(C)/C=N\c1cc(C#C[Si](C)(C)C)c(Oc2ccc(Cl)c(C(F)(F)F)c2)nc1C. The molecule has 166 valence electrons. The number of benzene rings is 1. The number of pyridine rings is 1. The fourth-order valence-corrected chi connectivity index (χ4v) is 3.00. The van der Waals surface area contributed by atoms with Gasteiger partial charge in [0.1, 0.15) is 13.8 Å². The van der Waals surface area contributed by atoms with Crippen LogP contribution >= 0.6 is 11.6 Å². The Kier molecular flexibility index (Phi) is 7.79. The second-order valence-corrected chi connectivity index (χ2v) is 13.2. The van der Waals surface area contributed by atoms with E-state index >= 15 is 0 Å². The van der Waals surface area contributed by atoms with Crippen molar-refractivity contribution in [2.45, 2.75) is 39.7 Å². The van der Waals surface area contributed by atoms with Crippen LogP contribution in [0.25, 0.3) is 0 Å². The van der Waals surface area contributed by atoms with E-state index in [-0.39, 0.29) is 11.6 Å². The predicted octanol–water partition coefficient (Wildman–Crippen LogP) is 6.69. The second kappa shape index (κ2) is 9.75. The predicted molar refractivity (Wildman–Crippen MR) is 122 cm³/mol. The molecular weight excluding hydrogens is 443 g/mol. The van der Waals surface area contributed by atoms with Gasteiger partial charge in [0.25, 0.3) is 0 Å². The standard InChI is InChI=1S/C22H25ClF3N3OSi/c1-7-29(3)14-27-20-12-16(10-11-31(4,5)6)21(28-15(20)2)30-17-8-9-19(23)18(13-17)22(24,25)26/h8-9,12-14H,7H2,1-6H3/b27-14-. The Morgan fingerprint density at radius 3 is 2.52 bits per heavy atom. The maximum Gasteiger partial charge on any atom is 0.417 e. The Bertz CT molecular complexity index is 1040. The zero-order valence-electron chi connectivity index (χ0n) is 18.4. The van der Waals surface area contributed by atoms with Crippen LogP contribution in [0.5, 0.6) is 11.6 Å². The van der Waals surface area contributed by atoms with Crippen LogP contribution in [-0.4, -0.2) is 37.9 Å². The number of aromatic nitrogens is 1. The number of rotatable bonds is 5. The van der Waals surface area contributed by atoms with Crippen molar-refractivity contribution in [1.82, 2.24) is 9.88 Å². The average molecular weight is 468 g/mol. The monoisotopic (exact) mass is 467 g/mol. The smallest absolute Gasteiger partial charge is 0.417 e. The summed E-state index contributed by atoms with van der Waals surface area (Å²) in [6, 6.07) is 5.12. The number of hydrogen-bond acceptors (Lipinski definition) is 3. The fourth-order valence-electron chi connectivity index (χ4n) is 2.26. The van der Waals surface area contributed by atoms with Gasteiger partial charge >= 0.3 is 6.18 Å². The molecule has 0 aliphatic heterocycles. The molecule has 0 unspecified atom stereocenters. The molecule has 1 aromatic heterocycles. The van der Waals surface area contributed by atoms with Crippen molar-refractivity contribution < 1.29 is 17.9 Å². The first kappa shape index (κ1) is 24.8. The summed E-state index contributed by atoms with van der Waals surface area (Å²) in [6.45, 7) is 10.8. The maximum absolute atomic E-state index is 13.2. The summed E-state index contributed by atoms with van der Waals surface area (Å²) in [7, 11) is 0.171. The molecule has 0 amide bonds. The van der Waals surface area contributed by atoms with Crippen LogP contribution in [0.2, 0.25) is 24.7 Å². The van der Waals surface area contributed by atoms with E-state index in [0.717, 1.165) is 18.7 Å². The van der Waals surface area contributed by atoms with E-state index in [4.69, 9.17) is 16.3 Å². The summed E-state index contributed by atoms with van der Waals surface area (Å²) in [6.07, 6.45) is -2.90. The Morgan fingerprint density at radius 1 is 1.26 bits per heavy atom. The molecule has 2 aromatic rings. The van der Waals surface area contributed by atoms with Gasteiger partial charge in [0.2, 0.25) is 5.88 Å². The summed E-state index contributed by atoms with van der Waals surface area (Å²) < 4.78 is 45.3. The molecule has 0 fully saturated rings. The Labute approximate surface area is 187 Å². The van der Waals surface area contributed by atoms with Crippen molar-refractivity contribution in [3.8, 4) is 23.1 Å². The average Bonchev–Trinajstić information content (AvgIpc) is 2.66. The van der Waals surface area contributed by atoms with Crippen LogP contribution in [-0.2, 0) is 6.18 Å². The molecule has 0 N–H and O–H groups in total. The van der Waals surface area contributed by atoms with E-state index in [1.54, 1.807) is 19.3 Å². The highest BCUT2D eigenvalue weighted by molar-refractivity contribution is 6.83. The maximum atomic E-state index is 13.2. The van der Waals surface area contributed by atoms with Gasteiger partial charge in [0, 0.05) is 13.6 Å². The molecule has 1 heterocycles. The summed E-state index contributed by atoms with van der Waals surface area (Å²) in [5.74, 6) is 3.19. The third-order valence-electron chi connectivity index (χ3n) is 4.07. The minimum atomic E-state index is -4.59. The highest BCUT2D eigenvalue weighted by Gasteiger charge is 2.33. The minimum absolute atomic E-state index is 0.0263. The lowest BCUT2D eigenvalue weighted by Crippen LogP contribution is -2.16. The Hall–Kier alpha value is -2.50.